The van der Waals surface area contributed by atoms with Gasteiger partial charge in [0.05, 0.1) is 24.9 Å². The minimum absolute atomic E-state index is 0.254. The Balaban J connectivity index is 1.84. The number of amides is 1. The van der Waals surface area contributed by atoms with Crippen LogP contribution in [0.1, 0.15) is 16.2 Å². The zero-order valence-corrected chi connectivity index (χ0v) is 15.8. The minimum Gasteiger partial charge on any atom is -0.467 e. The SMILES string of the molecule is Cn1cc(/C=C/C(=O)N(Cc2ccco2)Cc2cccs2)c(=O)n(C)c1=O. The third-order valence-electron chi connectivity index (χ3n) is 4.04. The van der Waals surface area contributed by atoms with Crippen molar-refractivity contribution >= 4 is 23.3 Å². The largest absolute Gasteiger partial charge is 0.467 e. The van der Waals surface area contributed by atoms with Crippen LogP contribution in [-0.2, 0) is 32.0 Å². The second-order valence-corrected chi connectivity index (χ2v) is 7.06. The molecule has 0 aliphatic carbocycles. The Bertz CT molecular complexity index is 1020. The van der Waals surface area contributed by atoms with Crippen molar-refractivity contribution in [2.45, 2.75) is 13.1 Å². The van der Waals surface area contributed by atoms with Crippen molar-refractivity contribution in [1.29, 1.82) is 0 Å². The maximum atomic E-state index is 12.7. The van der Waals surface area contributed by atoms with E-state index in [4.69, 9.17) is 4.42 Å². The summed E-state index contributed by atoms with van der Waals surface area (Å²) in [6.07, 6.45) is 5.77. The second kappa shape index (κ2) is 8.05. The molecule has 0 aliphatic rings. The molecule has 3 heterocycles. The Hall–Kier alpha value is -3.13. The molecule has 7 nitrogen and oxygen atoms in total. The predicted octanol–water partition coefficient (Wildman–Crippen LogP) is 1.98. The zero-order chi connectivity index (χ0) is 19.4. The molecule has 0 bridgehead atoms. The van der Waals surface area contributed by atoms with E-state index >= 15 is 0 Å². The molecule has 0 fully saturated rings. The fourth-order valence-electron chi connectivity index (χ4n) is 2.61. The molecule has 3 rings (SSSR count). The molecule has 0 unspecified atom stereocenters. The van der Waals surface area contributed by atoms with E-state index in [-0.39, 0.29) is 11.5 Å². The number of aryl methyl sites for hydroxylation is 1. The molecule has 8 heteroatoms. The van der Waals surface area contributed by atoms with Gasteiger partial charge in [0.2, 0.25) is 5.91 Å². The standard InChI is InChI=1S/C19H19N3O4S/c1-20-11-14(18(24)21(2)19(20)25)7-8-17(23)22(12-15-5-3-9-26-15)13-16-6-4-10-27-16/h3-11H,12-13H2,1-2H3/b8-7+. The first-order valence-corrected chi connectivity index (χ1v) is 9.12. The van der Waals surface area contributed by atoms with Crippen LogP contribution in [0, 0.1) is 0 Å². The van der Waals surface area contributed by atoms with Gasteiger partial charge in [0.15, 0.2) is 0 Å². The van der Waals surface area contributed by atoms with Gasteiger partial charge in [0, 0.05) is 31.2 Å². The third kappa shape index (κ3) is 4.35. The van der Waals surface area contributed by atoms with Gasteiger partial charge in [0.1, 0.15) is 5.76 Å². The summed E-state index contributed by atoms with van der Waals surface area (Å²) < 4.78 is 7.67. The minimum atomic E-state index is -0.446. The average molecular weight is 385 g/mol. The summed E-state index contributed by atoms with van der Waals surface area (Å²) in [4.78, 5) is 39.4. The van der Waals surface area contributed by atoms with Crippen molar-refractivity contribution in [2.24, 2.45) is 14.1 Å². The van der Waals surface area contributed by atoms with Crippen molar-refractivity contribution in [2.75, 3.05) is 0 Å². The predicted molar refractivity (Wildman–Crippen MR) is 103 cm³/mol. The average Bonchev–Trinajstić information content (AvgIpc) is 3.35. The molecule has 0 saturated heterocycles. The number of aromatic nitrogens is 2. The first-order chi connectivity index (χ1) is 13.0. The van der Waals surface area contributed by atoms with Crippen molar-refractivity contribution in [3.63, 3.8) is 0 Å². The monoisotopic (exact) mass is 385 g/mol. The fourth-order valence-corrected chi connectivity index (χ4v) is 3.33. The molecular weight excluding hydrogens is 366 g/mol. The summed E-state index contributed by atoms with van der Waals surface area (Å²) in [6.45, 7) is 0.756. The lowest BCUT2D eigenvalue weighted by molar-refractivity contribution is -0.127. The normalized spacial score (nSPS) is 11.2. The Morgan fingerprint density at radius 2 is 2.04 bits per heavy atom. The molecule has 0 atom stereocenters. The van der Waals surface area contributed by atoms with Gasteiger partial charge >= 0.3 is 5.69 Å². The number of carbonyl (C=O) groups excluding carboxylic acids is 1. The molecule has 0 radical (unpaired) electrons. The van der Waals surface area contributed by atoms with Gasteiger partial charge in [-0.2, -0.15) is 0 Å². The Kier molecular flexibility index (Phi) is 5.56. The van der Waals surface area contributed by atoms with Crippen LogP contribution in [0.15, 0.2) is 62.2 Å². The van der Waals surface area contributed by atoms with Crippen LogP contribution >= 0.6 is 11.3 Å². The molecule has 0 spiro atoms. The molecule has 0 aliphatic heterocycles. The number of carbonyl (C=O) groups is 1. The fraction of sp³-hybridized carbons (Fsp3) is 0.211. The number of thiophene rings is 1. The summed E-state index contributed by atoms with van der Waals surface area (Å²) in [7, 11) is 2.96. The molecule has 140 valence electrons. The van der Waals surface area contributed by atoms with Gasteiger partial charge in [-0.15, -0.1) is 11.3 Å². The van der Waals surface area contributed by atoms with Crippen LogP contribution in [0.2, 0.25) is 0 Å². The molecular formula is C19H19N3O4S. The first kappa shape index (κ1) is 18.7. The molecule has 3 aromatic heterocycles. The van der Waals surface area contributed by atoms with Crippen LogP contribution in [0.3, 0.4) is 0 Å². The highest BCUT2D eigenvalue weighted by Crippen LogP contribution is 2.15. The Morgan fingerprint density at radius 3 is 2.70 bits per heavy atom. The van der Waals surface area contributed by atoms with E-state index in [2.05, 4.69) is 0 Å². The number of furan rings is 1. The third-order valence-corrected chi connectivity index (χ3v) is 4.90. The Labute approximate surface area is 159 Å². The highest BCUT2D eigenvalue weighted by molar-refractivity contribution is 7.09. The van der Waals surface area contributed by atoms with E-state index in [0.717, 1.165) is 9.44 Å². The number of rotatable bonds is 6. The molecule has 0 N–H and O–H groups in total. The van der Waals surface area contributed by atoms with Crippen LogP contribution in [-0.4, -0.2) is 19.9 Å². The van der Waals surface area contributed by atoms with Crippen LogP contribution < -0.4 is 11.2 Å². The van der Waals surface area contributed by atoms with Gasteiger partial charge in [-0.25, -0.2) is 4.79 Å². The molecule has 1 amide bonds. The van der Waals surface area contributed by atoms with Crippen molar-refractivity contribution in [1.82, 2.24) is 14.0 Å². The second-order valence-electron chi connectivity index (χ2n) is 6.03. The summed E-state index contributed by atoms with van der Waals surface area (Å²) in [5.74, 6) is 0.419. The number of hydrogen-bond donors (Lipinski definition) is 0. The first-order valence-electron chi connectivity index (χ1n) is 8.24. The molecule has 0 aromatic carbocycles. The summed E-state index contributed by atoms with van der Waals surface area (Å²) in [5.41, 5.74) is -0.597. The van der Waals surface area contributed by atoms with Gasteiger partial charge in [0.25, 0.3) is 5.56 Å². The van der Waals surface area contributed by atoms with Crippen LogP contribution in [0.5, 0.6) is 0 Å². The van der Waals surface area contributed by atoms with Crippen molar-refractivity contribution in [3.8, 4) is 0 Å². The van der Waals surface area contributed by atoms with E-state index in [1.54, 1.807) is 41.7 Å². The highest BCUT2D eigenvalue weighted by Gasteiger charge is 2.15. The number of hydrogen-bond acceptors (Lipinski definition) is 5. The number of nitrogens with zero attached hydrogens (tertiary/aromatic N) is 3. The lowest BCUT2D eigenvalue weighted by Crippen LogP contribution is -2.37. The topological polar surface area (TPSA) is 77.5 Å². The smallest absolute Gasteiger partial charge is 0.330 e. The summed E-state index contributed by atoms with van der Waals surface area (Å²) in [6, 6.07) is 7.47. The zero-order valence-electron chi connectivity index (χ0n) is 15.0. The molecule has 0 saturated carbocycles. The van der Waals surface area contributed by atoms with E-state index in [1.807, 2.05) is 17.5 Å². The quantitative estimate of drug-likeness (QED) is 0.608. The van der Waals surface area contributed by atoms with E-state index in [1.165, 1.54) is 30.0 Å². The summed E-state index contributed by atoms with van der Waals surface area (Å²) >= 11 is 1.56. The van der Waals surface area contributed by atoms with Crippen molar-refractivity contribution < 1.29 is 9.21 Å². The van der Waals surface area contributed by atoms with Gasteiger partial charge < -0.3 is 13.9 Å². The van der Waals surface area contributed by atoms with Crippen LogP contribution in [0.4, 0.5) is 0 Å². The molecule has 27 heavy (non-hydrogen) atoms. The van der Waals surface area contributed by atoms with Gasteiger partial charge in [-0.3, -0.25) is 14.2 Å². The molecule has 3 aromatic rings. The lowest BCUT2D eigenvalue weighted by Gasteiger charge is -2.19. The van der Waals surface area contributed by atoms with E-state index < -0.39 is 11.2 Å². The van der Waals surface area contributed by atoms with Crippen LogP contribution in [0.25, 0.3) is 6.08 Å². The van der Waals surface area contributed by atoms with E-state index in [9.17, 15) is 14.4 Å². The maximum Gasteiger partial charge on any atom is 0.330 e. The van der Waals surface area contributed by atoms with E-state index in [0.29, 0.717) is 18.8 Å². The van der Waals surface area contributed by atoms with Gasteiger partial charge in [-0.05, 0) is 29.7 Å². The summed E-state index contributed by atoms with van der Waals surface area (Å²) in [5, 5.41) is 1.95. The maximum absolute atomic E-state index is 12.7. The van der Waals surface area contributed by atoms with Gasteiger partial charge in [-0.1, -0.05) is 6.07 Å². The Morgan fingerprint density at radius 1 is 1.22 bits per heavy atom. The van der Waals surface area contributed by atoms with Crippen molar-refractivity contribution in [3.05, 3.63) is 85.2 Å². The highest BCUT2D eigenvalue weighted by atomic mass is 32.1. The lowest BCUT2D eigenvalue weighted by atomic mass is 10.2.